The third-order valence-electron chi connectivity index (χ3n) is 2.93. The molecule has 1 aliphatic heterocycles. The van der Waals surface area contributed by atoms with Crippen molar-refractivity contribution in [1.82, 2.24) is 0 Å². The van der Waals surface area contributed by atoms with Crippen LogP contribution in [-0.2, 0) is 0 Å². The number of para-hydroxylation sites is 1. The van der Waals surface area contributed by atoms with Gasteiger partial charge in [0.25, 0.3) is 5.91 Å². The largest absolute Gasteiger partial charge is 0.396 e. The van der Waals surface area contributed by atoms with Gasteiger partial charge in [-0.25, -0.2) is 0 Å². The van der Waals surface area contributed by atoms with Crippen molar-refractivity contribution in [3.63, 3.8) is 0 Å². The summed E-state index contributed by atoms with van der Waals surface area (Å²) >= 11 is 1.96. The van der Waals surface area contributed by atoms with Gasteiger partial charge in [0, 0.05) is 24.1 Å². The molecule has 1 aromatic rings. The zero-order valence-corrected chi connectivity index (χ0v) is 10.7. The van der Waals surface area contributed by atoms with Gasteiger partial charge in [-0.15, -0.1) is 0 Å². The number of carbonyl (C=O) groups is 1. The summed E-state index contributed by atoms with van der Waals surface area (Å²) in [6.07, 6.45) is 0. The van der Waals surface area contributed by atoms with Crippen molar-refractivity contribution in [3.05, 3.63) is 23.8 Å². The maximum atomic E-state index is 11.2. The van der Waals surface area contributed by atoms with Gasteiger partial charge in [0.15, 0.2) is 0 Å². The van der Waals surface area contributed by atoms with E-state index < -0.39 is 5.91 Å². The SMILES string of the molecule is CC1CN(c2cccc(C(N)=O)c2N)CCS1. The minimum atomic E-state index is -0.469. The topological polar surface area (TPSA) is 72.3 Å². The highest BCUT2D eigenvalue weighted by atomic mass is 32.2. The molecule has 1 fully saturated rings. The van der Waals surface area contributed by atoms with E-state index in [9.17, 15) is 4.79 Å². The van der Waals surface area contributed by atoms with Gasteiger partial charge in [0.05, 0.1) is 16.9 Å². The predicted octanol–water partition coefficient (Wildman–Crippen LogP) is 1.31. The van der Waals surface area contributed by atoms with Crippen LogP contribution in [0, 0.1) is 0 Å². The van der Waals surface area contributed by atoms with E-state index in [0.29, 0.717) is 16.5 Å². The van der Waals surface area contributed by atoms with Gasteiger partial charge in [0.2, 0.25) is 0 Å². The van der Waals surface area contributed by atoms with E-state index in [0.717, 1.165) is 24.5 Å². The molecular formula is C12H17N3OS. The first-order valence-electron chi connectivity index (χ1n) is 5.64. The summed E-state index contributed by atoms with van der Waals surface area (Å²) in [6.45, 7) is 4.11. The first-order valence-corrected chi connectivity index (χ1v) is 6.69. The third kappa shape index (κ3) is 2.49. The lowest BCUT2D eigenvalue weighted by Gasteiger charge is -2.33. The van der Waals surface area contributed by atoms with Gasteiger partial charge in [-0.1, -0.05) is 13.0 Å². The lowest BCUT2D eigenvalue weighted by molar-refractivity contribution is 0.100. The van der Waals surface area contributed by atoms with Crippen LogP contribution in [0.15, 0.2) is 18.2 Å². The Kier molecular flexibility index (Phi) is 3.47. The number of primary amides is 1. The van der Waals surface area contributed by atoms with Crippen molar-refractivity contribution < 1.29 is 4.79 Å². The Labute approximate surface area is 105 Å². The van der Waals surface area contributed by atoms with Crippen molar-refractivity contribution in [2.45, 2.75) is 12.2 Å². The predicted molar refractivity (Wildman–Crippen MR) is 73.5 cm³/mol. The van der Waals surface area contributed by atoms with Crippen LogP contribution in [0.3, 0.4) is 0 Å². The Balaban J connectivity index is 2.32. The molecular weight excluding hydrogens is 234 g/mol. The van der Waals surface area contributed by atoms with Gasteiger partial charge < -0.3 is 16.4 Å². The molecule has 0 radical (unpaired) electrons. The molecule has 0 aliphatic carbocycles. The quantitative estimate of drug-likeness (QED) is 0.777. The second kappa shape index (κ2) is 4.87. The first-order chi connectivity index (χ1) is 8.09. The molecule has 4 nitrogen and oxygen atoms in total. The zero-order chi connectivity index (χ0) is 12.4. The second-order valence-electron chi connectivity index (χ2n) is 4.23. The number of benzene rings is 1. The number of rotatable bonds is 2. The molecule has 1 aliphatic rings. The first kappa shape index (κ1) is 12.1. The molecule has 1 unspecified atom stereocenters. The molecule has 92 valence electrons. The summed E-state index contributed by atoms with van der Waals surface area (Å²) in [5.41, 5.74) is 13.1. The number of nitrogen functional groups attached to an aromatic ring is 1. The van der Waals surface area contributed by atoms with Crippen LogP contribution < -0.4 is 16.4 Å². The molecule has 1 heterocycles. The summed E-state index contributed by atoms with van der Waals surface area (Å²) in [4.78, 5) is 13.5. The Morgan fingerprint density at radius 1 is 1.53 bits per heavy atom. The molecule has 1 amide bonds. The van der Waals surface area contributed by atoms with Gasteiger partial charge in [-0.05, 0) is 12.1 Å². The van der Waals surface area contributed by atoms with Crippen LogP contribution >= 0.6 is 11.8 Å². The maximum absolute atomic E-state index is 11.2. The molecule has 5 heteroatoms. The molecule has 0 bridgehead atoms. The average molecular weight is 251 g/mol. The van der Waals surface area contributed by atoms with E-state index >= 15 is 0 Å². The third-order valence-corrected chi connectivity index (χ3v) is 4.07. The summed E-state index contributed by atoms with van der Waals surface area (Å²) in [5, 5.41) is 0.584. The number of nitrogens with zero attached hydrogens (tertiary/aromatic N) is 1. The number of hydrogen-bond acceptors (Lipinski definition) is 4. The van der Waals surface area contributed by atoms with Crippen LogP contribution in [-0.4, -0.2) is 30.0 Å². The summed E-state index contributed by atoms with van der Waals surface area (Å²) in [5.74, 6) is 0.616. The number of thioether (sulfide) groups is 1. The fraction of sp³-hybridized carbons (Fsp3) is 0.417. The standard InChI is InChI=1S/C12H17N3OS/c1-8-7-15(5-6-17-8)10-4-2-3-9(11(10)13)12(14)16/h2-4,8H,5-7,13H2,1H3,(H2,14,16). The molecule has 1 saturated heterocycles. The van der Waals surface area contributed by atoms with Crippen molar-refractivity contribution in [2.24, 2.45) is 5.73 Å². The molecule has 0 aromatic heterocycles. The number of hydrogen-bond donors (Lipinski definition) is 2. The highest BCUT2D eigenvalue weighted by Crippen LogP contribution is 2.30. The number of carbonyl (C=O) groups excluding carboxylic acids is 1. The number of anilines is 2. The van der Waals surface area contributed by atoms with Crippen LogP contribution in [0.1, 0.15) is 17.3 Å². The normalized spacial score (nSPS) is 20.3. The van der Waals surface area contributed by atoms with E-state index in [1.54, 1.807) is 6.07 Å². The van der Waals surface area contributed by atoms with Crippen LogP contribution in [0.25, 0.3) is 0 Å². The minimum absolute atomic E-state index is 0.411. The van der Waals surface area contributed by atoms with Crippen molar-refractivity contribution in [2.75, 3.05) is 29.5 Å². The second-order valence-corrected chi connectivity index (χ2v) is 5.78. The fourth-order valence-electron chi connectivity index (χ4n) is 2.08. The van der Waals surface area contributed by atoms with Crippen molar-refractivity contribution in [3.8, 4) is 0 Å². The molecule has 4 N–H and O–H groups in total. The minimum Gasteiger partial charge on any atom is -0.396 e. The molecule has 0 spiro atoms. The van der Waals surface area contributed by atoms with Gasteiger partial charge in [-0.2, -0.15) is 11.8 Å². The number of amides is 1. The van der Waals surface area contributed by atoms with E-state index in [-0.39, 0.29) is 0 Å². The molecule has 17 heavy (non-hydrogen) atoms. The lowest BCUT2D eigenvalue weighted by Crippen LogP contribution is -2.37. The zero-order valence-electron chi connectivity index (χ0n) is 9.85. The van der Waals surface area contributed by atoms with Crippen LogP contribution in [0.2, 0.25) is 0 Å². The molecule has 1 aromatic carbocycles. The highest BCUT2D eigenvalue weighted by molar-refractivity contribution is 8.00. The Morgan fingerprint density at radius 2 is 2.29 bits per heavy atom. The maximum Gasteiger partial charge on any atom is 0.250 e. The van der Waals surface area contributed by atoms with Crippen molar-refractivity contribution >= 4 is 29.0 Å². The van der Waals surface area contributed by atoms with E-state index in [1.165, 1.54) is 0 Å². The average Bonchev–Trinajstić information content (AvgIpc) is 2.29. The van der Waals surface area contributed by atoms with E-state index in [2.05, 4.69) is 11.8 Å². The fourth-order valence-corrected chi connectivity index (χ4v) is 3.09. The number of nitrogens with two attached hydrogens (primary N) is 2. The van der Waals surface area contributed by atoms with Crippen LogP contribution in [0.4, 0.5) is 11.4 Å². The smallest absolute Gasteiger partial charge is 0.250 e. The van der Waals surface area contributed by atoms with Crippen molar-refractivity contribution in [1.29, 1.82) is 0 Å². The van der Waals surface area contributed by atoms with E-state index in [4.69, 9.17) is 11.5 Å². The van der Waals surface area contributed by atoms with E-state index in [1.807, 2.05) is 23.9 Å². The Hall–Kier alpha value is -1.36. The summed E-state index contributed by atoms with van der Waals surface area (Å²) < 4.78 is 0. The Morgan fingerprint density at radius 3 is 2.94 bits per heavy atom. The Bertz CT molecular complexity index is 436. The molecule has 0 saturated carbocycles. The summed E-state index contributed by atoms with van der Waals surface area (Å²) in [6, 6.07) is 5.45. The van der Waals surface area contributed by atoms with Gasteiger partial charge in [-0.3, -0.25) is 4.79 Å². The summed E-state index contributed by atoms with van der Waals surface area (Å²) in [7, 11) is 0. The highest BCUT2D eigenvalue weighted by Gasteiger charge is 2.20. The lowest BCUT2D eigenvalue weighted by atomic mass is 10.1. The van der Waals surface area contributed by atoms with Gasteiger partial charge in [0.1, 0.15) is 0 Å². The monoisotopic (exact) mass is 251 g/mol. The molecule has 2 rings (SSSR count). The van der Waals surface area contributed by atoms with Crippen LogP contribution in [0.5, 0.6) is 0 Å². The molecule has 1 atom stereocenters. The van der Waals surface area contributed by atoms with Gasteiger partial charge >= 0.3 is 0 Å².